The third-order valence-corrected chi connectivity index (χ3v) is 3.49. The van der Waals surface area contributed by atoms with E-state index >= 15 is 0 Å². The normalized spacial score (nSPS) is 34.0. The van der Waals surface area contributed by atoms with Gasteiger partial charge in [0.05, 0.1) is 12.7 Å². The third kappa shape index (κ3) is 3.71. The molecule has 3 amide bonds. The topological polar surface area (TPSA) is 120 Å². The highest BCUT2D eigenvalue weighted by Crippen LogP contribution is 2.26. The zero-order valence-electron chi connectivity index (χ0n) is 12.7. The molecule has 0 aromatic heterocycles. The fourth-order valence-electron chi connectivity index (χ4n) is 2.24. The predicted molar refractivity (Wildman–Crippen MR) is 74.5 cm³/mol. The van der Waals surface area contributed by atoms with Crippen LogP contribution in [-0.2, 0) is 9.47 Å². The van der Waals surface area contributed by atoms with Gasteiger partial charge in [-0.25, -0.2) is 14.0 Å². The van der Waals surface area contributed by atoms with Crippen LogP contribution in [0.5, 0.6) is 0 Å². The molecule has 1 fully saturated rings. The first-order chi connectivity index (χ1) is 10.8. The minimum atomic E-state index is -1.38. The van der Waals surface area contributed by atoms with E-state index in [-0.39, 0.29) is 6.61 Å². The molecule has 2 heterocycles. The molecule has 0 spiro atoms. The number of nitrogens with one attached hydrogen (secondary N) is 2. The Morgan fingerprint density at radius 3 is 2.78 bits per heavy atom. The van der Waals surface area contributed by atoms with Gasteiger partial charge in [-0.2, -0.15) is 0 Å². The monoisotopic (exact) mass is 333 g/mol. The van der Waals surface area contributed by atoms with Crippen molar-refractivity contribution in [3.63, 3.8) is 0 Å². The van der Waals surface area contributed by atoms with Crippen LogP contribution >= 0.6 is 0 Å². The van der Waals surface area contributed by atoms with Gasteiger partial charge in [-0.15, -0.1) is 0 Å². The summed E-state index contributed by atoms with van der Waals surface area (Å²) in [7, 11) is 0. The summed E-state index contributed by atoms with van der Waals surface area (Å²) in [4.78, 5) is 24.2. The highest BCUT2D eigenvalue weighted by Gasteiger charge is 2.46. The summed E-state index contributed by atoms with van der Waals surface area (Å²) in [6, 6.07) is -0.794. The second-order valence-corrected chi connectivity index (χ2v) is 5.30. The van der Waals surface area contributed by atoms with Crippen molar-refractivity contribution < 1.29 is 33.7 Å². The standard InChI is InChI=1S/C13H20FN3O6/c1-3-4-22-13(21)16-10-7(14)5-17(12(20)15-10)11-9(19)8(18)6(2)23-11/h5-6,8-11,18-19H,3-4H2,1-2H3,(H,15,20)(H,16,21)/t6-,8-,9-,10?,11-/m1/s1. The fourth-order valence-corrected chi connectivity index (χ4v) is 2.24. The maximum Gasteiger partial charge on any atom is 0.409 e. The number of nitrogens with zero attached hydrogens (tertiary/aromatic N) is 1. The Bertz CT molecular complexity index is 502. The number of carbonyl (C=O) groups excluding carboxylic acids is 2. The number of hydrogen-bond donors (Lipinski definition) is 4. The summed E-state index contributed by atoms with van der Waals surface area (Å²) in [6.45, 7) is 3.49. The number of alkyl carbamates (subject to hydrolysis) is 1. The Morgan fingerprint density at radius 1 is 1.52 bits per heavy atom. The van der Waals surface area contributed by atoms with Gasteiger partial charge in [0.15, 0.2) is 18.2 Å². The van der Waals surface area contributed by atoms with Crippen LogP contribution in [0.3, 0.4) is 0 Å². The Hall–Kier alpha value is -1.91. The molecule has 2 rings (SSSR count). The Morgan fingerprint density at radius 2 is 2.22 bits per heavy atom. The number of amides is 3. The highest BCUT2D eigenvalue weighted by molar-refractivity contribution is 5.79. The second-order valence-electron chi connectivity index (χ2n) is 5.30. The number of rotatable bonds is 4. The van der Waals surface area contributed by atoms with Crippen LogP contribution in [-0.4, -0.2) is 64.5 Å². The molecule has 0 radical (unpaired) electrons. The summed E-state index contributed by atoms with van der Waals surface area (Å²) in [5.74, 6) is -0.872. The maximum atomic E-state index is 14.1. The van der Waals surface area contributed by atoms with Crippen LogP contribution in [0.15, 0.2) is 12.0 Å². The summed E-state index contributed by atoms with van der Waals surface area (Å²) < 4.78 is 24.1. The molecule has 0 saturated carbocycles. The zero-order valence-corrected chi connectivity index (χ0v) is 12.7. The molecular weight excluding hydrogens is 313 g/mol. The molecule has 0 bridgehead atoms. The summed E-state index contributed by atoms with van der Waals surface area (Å²) in [6.07, 6.45) is -5.32. The lowest BCUT2D eigenvalue weighted by Gasteiger charge is -2.33. The molecule has 10 heteroatoms. The molecule has 9 nitrogen and oxygen atoms in total. The quantitative estimate of drug-likeness (QED) is 0.563. The molecule has 0 aromatic rings. The van der Waals surface area contributed by atoms with Crippen molar-refractivity contribution in [2.45, 2.75) is 51.0 Å². The van der Waals surface area contributed by atoms with E-state index in [4.69, 9.17) is 9.47 Å². The smallest absolute Gasteiger partial charge is 0.409 e. The zero-order chi connectivity index (χ0) is 17.1. The number of hydrogen-bond acceptors (Lipinski definition) is 6. The average Bonchev–Trinajstić information content (AvgIpc) is 2.76. The molecule has 1 unspecified atom stereocenters. The van der Waals surface area contributed by atoms with E-state index in [1.54, 1.807) is 6.92 Å². The van der Waals surface area contributed by atoms with E-state index in [2.05, 4.69) is 10.6 Å². The Labute approximate surface area is 132 Å². The van der Waals surface area contributed by atoms with Gasteiger partial charge in [0.1, 0.15) is 12.2 Å². The van der Waals surface area contributed by atoms with Gasteiger partial charge in [-0.1, -0.05) is 6.92 Å². The van der Waals surface area contributed by atoms with Crippen molar-refractivity contribution in [1.82, 2.24) is 15.5 Å². The Balaban J connectivity index is 2.04. The molecule has 0 aliphatic carbocycles. The van der Waals surface area contributed by atoms with E-state index in [1.165, 1.54) is 6.92 Å². The van der Waals surface area contributed by atoms with Crippen molar-refractivity contribution >= 4 is 12.1 Å². The van der Waals surface area contributed by atoms with Crippen LogP contribution in [0.1, 0.15) is 20.3 Å². The Kier molecular flexibility index (Phi) is 5.39. The lowest BCUT2D eigenvalue weighted by Crippen LogP contribution is -2.58. The predicted octanol–water partition coefficient (Wildman–Crippen LogP) is -0.249. The summed E-state index contributed by atoms with van der Waals surface area (Å²) in [5, 5.41) is 23.9. The first-order valence-electron chi connectivity index (χ1n) is 7.26. The third-order valence-electron chi connectivity index (χ3n) is 3.49. The number of halogens is 1. The van der Waals surface area contributed by atoms with E-state index in [0.717, 1.165) is 11.1 Å². The van der Waals surface area contributed by atoms with Gasteiger partial charge < -0.3 is 25.0 Å². The average molecular weight is 333 g/mol. The molecule has 1 saturated heterocycles. The number of aliphatic hydroxyl groups excluding tert-OH is 2. The van der Waals surface area contributed by atoms with Crippen LogP contribution in [0.2, 0.25) is 0 Å². The van der Waals surface area contributed by atoms with E-state index in [9.17, 15) is 24.2 Å². The number of carbonyl (C=O) groups is 2. The summed E-state index contributed by atoms with van der Waals surface area (Å²) >= 11 is 0. The van der Waals surface area contributed by atoms with Crippen LogP contribution in [0, 0.1) is 0 Å². The van der Waals surface area contributed by atoms with Gasteiger partial charge in [-0.05, 0) is 13.3 Å². The molecule has 130 valence electrons. The van der Waals surface area contributed by atoms with Crippen LogP contribution in [0.4, 0.5) is 14.0 Å². The highest BCUT2D eigenvalue weighted by atomic mass is 19.1. The van der Waals surface area contributed by atoms with Gasteiger partial charge in [0.2, 0.25) is 0 Å². The van der Waals surface area contributed by atoms with E-state index in [1.807, 2.05) is 0 Å². The number of urea groups is 1. The minimum Gasteiger partial charge on any atom is -0.450 e. The van der Waals surface area contributed by atoms with Crippen molar-refractivity contribution in [3.8, 4) is 0 Å². The van der Waals surface area contributed by atoms with Gasteiger partial charge >= 0.3 is 12.1 Å². The largest absolute Gasteiger partial charge is 0.450 e. The molecular formula is C13H20FN3O6. The van der Waals surface area contributed by atoms with Gasteiger partial charge in [0.25, 0.3) is 0 Å². The molecule has 23 heavy (non-hydrogen) atoms. The molecule has 2 aliphatic rings. The molecule has 0 aromatic carbocycles. The maximum absolute atomic E-state index is 14.1. The second kappa shape index (κ2) is 7.11. The van der Waals surface area contributed by atoms with Gasteiger partial charge in [0, 0.05) is 6.20 Å². The lowest BCUT2D eigenvalue weighted by atomic mass is 10.1. The molecule has 4 N–H and O–H groups in total. The van der Waals surface area contributed by atoms with E-state index < -0.39 is 48.7 Å². The van der Waals surface area contributed by atoms with Crippen molar-refractivity contribution in [2.75, 3.05) is 6.61 Å². The number of aliphatic hydroxyl groups is 2. The van der Waals surface area contributed by atoms with E-state index in [0.29, 0.717) is 6.42 Å². The van der Waals surface area contributed by atoms with Crippen molar-refractivity contribution in [1.29, 1.82) is 0 Å². The lowest BCUT2D eigenvalue weighted by molar-refractivity contribution is -0.0517. The fraction of sp³-hybridized carbons (Fsp3) is 0.692. The van der Waals surface area contributed by atoms with Crippen molar-refractivity contribution in [3.05, 3.63) is 12.0 Å². The molecule has 5 atom stereocenters. The SMILES string of the molecule is CCCOC(=O)NC1NC(=O)N([C@@H]2O[C@H](C)[C@@H](O)[C@H]2O)C=C1F. The van der Waals surface area contributed by atoms with Crippen LogP contribution < -0.4 is 10.6 Å². The first kappa shape index (κ1) is 17.4. The van der Waals surface area contributed by atoms with Gasteiger partial charge in [-0.3, -0.25) is 10.2 Å². The first-order valence-corrected chi connectivity index (χ1v) is 7.26. The number of ether oxygens (including phenoxy) is 2. The van der Waals surface area contributed by atoms with Crippen molar-refractivity contribution in [2.24, 2.45) is 0 Å². The minimum absolute atomic E-state index is 0.168. The summed E-state index contributed by atoms with van der Waals surface area (Å²) in [5.41, 5.74) is 0. The molecule has 2 aliphatic heterocycles. The van der Waals surface area contributed by atoms with Crippen LogP contribution in [0.25, 0.3) is 0 Å².